The molecule has 3 aromatic heterocycles. The second-order valence-electron chi connectivity index (χ2n) is 7.86. The van der Waals surface area contributed by atoms with E-state index in [4.69, 9.17) is 9.97 Å². The molecule has 0 N–H and O–H groups in total. The van der Waals surface area contributed by atoms with Crippen LogP contribution in [0.3, 0.4) is 0 Å². The molecular formula is C26H19N5. The Bertz CT molecular complexity index is 1600. The molecule has 0 fully saturated rings. The van der Waals surface area contributed by atoms with Crippen molar-refractivity contribution in [2.24, 2.45) is 0 Å². The number of nitrogens with zero attached hydrogens (tertiary/aromatic N) is 5. The van der Waals surface area contributed by atoms with Crippen molar-refractivity contribution in [1.82, 2.24) is 19.9 Å². The van der Waals surface area contributed by atoms with Gasteiger partial charge in [-0.3, -0.25) is 9.97 Å². The van der Waals surface area contributed by atoms with Gasteiger partial charge in [-0.25, -0.2) is 9.97 Å². The fourth-order valence-corrected chi connectivity index (χ4v) is 4.13. The van der Waals surface area contributed by atoms with E-state index in [1.165, 1.54) is 5.69 Å². The Morgan fingerprint density at radius 3 is 1.77 bits per heavy atom. The Balaban J connectivity index is 1.63. The largest absolute Gasteiger partial charge is 0.378 e. The van der Waals surface area contributed by atoms with Gasteiger partial charge in [0.2, 0.25) is 0 Å². The number of hydrogen-bond donors (Lipinski definition) is 0. The van der Waals surface area contributed by atoms with Crippen molar-refractivity contribution in [3.8, 4) is 11.1 Å². The Hall–Kier alpha value is -4.12. The molecule has 6 aromatic rings. The van der Waals surface area contributed by atoms with Crippen LogP contribution in [0.5, 0.6) is 0 Å². The van der Waals surface area contributed by atoms with Crippen LogP contribution >= 0.6 is 0 Å². The number of rotatable bonds is 2. The molecule has 0 radical (unpaired) electrons. The molecule has 0 aliphatic heterocycles. The van der Waals surface area contributed by atoms with Gasteiger partial charge in [-0.1, -0.05) is 18.2 Å². The van der Waals surface area contributed by atoms with E-state index >= 15 is 0 Å². The summed E-state index contributed by atoms with van der Waals surface area (Å²) < 4.78 is 0. The van der Waals surface area contributed by atoms with Crippen LogP contribution in [0.15, 0.2) is 79.1 Å². The predicted octanol–water partition coefficient (Wildman–Crippen LogP) is 5.61. The van der Waals surface area contributed by atoms with E-state index in [0.29, 0.717) is 0 Å². The molecule has 0 spiro atoms. The highest BCUT2D eigenvalue weighted by Gasteiger charge is 2.14. The molecular weight excluding hydrogens is 382 g/mol. The molecule has 5 nitrogen and oxygen atoms in total. The second-order valence-corrected chi connectivity index (χ2v) is 7.86. The molecule has 0 amide bonds. The third-order valence-electron chi connectivity index (χ3n) is 5.73. The zero-order chi connectivity index (χ0) is 20.9. The molecule has 0 bridgehead atoms. The van der Waals surface area contributed by atoms with Crippen LogP contribution in [-0.4, -0.2) is 34.0 Å². The highest BCUT2D eigenvalue weighted by Crippen LogP contribution is 2.33. The number of hydrogen-bond acceptors (Lipinski definition) is 5. The number of aromatic nitrogens is 4. The average Bonchev–Trinajstić information content (AvgIpc) is 2.83. The molecule has 3 heterocycles. The molecule has 6 rings (SSSR count). The average molecular weight is 401 g/mol. The van der Waals surface area contributed by atoms with Crippen molar-refractivity contribution in [3.63, 3.8) is 0 Å². The third kappa shape index (κ3) is 2.78. The fraction of sp³-hybridized carbons (Fsp3) is 0.0769. The summed E-state index contributed by atoms with van der Waals surface area (Å²) in [5.41, 5.74) is 8.63. The summed E-state index contributed by atoms with van der Waals surface area (Å²) in [5.74, 6) is 0. The van der Waals surface area contributed by atoms with E-state index in [1.807, 2.05) is 44.4 Å². The smallest absolute Gasteiger partial charge is 0.0996 e. The maximum Gasteiger partial charge on any atom is 0.0996 e. The molecule has 0 saturated heterocycles. The van der Waals surface area contributed by atoms with Crippen molar-refractivity contribution in [2.45, 2.75) is 0 Å². The Kier molecular flexibility index (Phi) is 3.83. The van der Waals surface area contributed by atoms with E-state index in [-0.39, 0.29) is 0 Å². The summed E-state index contributed by atoms with van der Waals surface area (Å²) in [7, 11) is 4.09. The van der Waals surface area contributed by atoms with Crippen LogP contribution in [0.2, 0.25) is 0 Å². The van der Waals surface area contributed by atoms with Crippen LogP contribution in [-0.2, 0) is 0 Å². The molecule has 3 aromatic carbocycles. The lowest BCUT2D eigenvalue weighted by Gasteiger charge is -2.13. The minimum Gasteiger partial charge on any atom is -0.378 e. The number of pyridine rings is 2. The third-order valence-corrected chi connectivity index (χ3v) is 5.73. The van der Waals surface area contributed by atoms with Gasteiger partial charge in [0.15, 0.2) is 0 Å². The molecule has 0 saturated carbocycles. The SMILES string of the molecule is CN(C)c1ccc(-c2ccc3nc4c5cccnc5c5ncccc5c4nc3c2)cc1. The lowest BCUT2D eigenvalue weighted by atomic mass is 10.0. The van der Waals surface area contributed by atoms with Crippen LogP contribution < -0.4 is 4.90 Å². The van der Waals surface area contributed by atoms with E-state index in [9.17, 15) is 0 Å². The summed E-state index contributed by atoms with van der Waals surface area (Å²) in [5, 5.41) is 1.94. The number of benzene rings is 3. The van der Waals surface area contributed by atoms with Gasteiger partial charge in [0.25, 0.3) is 0 Å². The first kappa shape index (κ1) is 17.7. The van der Waals surface area contributed by atoms with Gasteiger partial charge in [-0.2, -0.15) is 0 Å². The lowest BCUT2D eigenvalue weighted by Crippen LogP contribution is -2.07. The van der Waals surface area contributed by atoms with Crippen molar-refractivity contribution in [1.29, 1.82) is 0 Å². The van der Waals surface area contributed by atoms with Gasteiger partial charge in [-0.15, -0.1) is 0 Å². The molecule has 0 aliphatic rings. The minimum atomic E-state index is 0.856. The highest BCUT2D eigenvalue weighted by atomic mass is 15.1. The minimum absolute atomic E-state index is 0.856. The maximum atomic E-state index is 5.05. The predicted molar refractivity (Wildman–Crippen MR) is 127 cm³/mol. The monoisotopic (exact) mass is 401 g/mol. The van der Waals surface area contributed by atoms with Crippen LogP contribution in [0.4, 0.5) is 5.69 Å². The number of anilines is 1. The summed E-state index contributed by atoms with van der Waals surface area (Å²) in [6.45, 7) is 0. The Labute approximate surface area is 179 Å². The van der Waals surface area contributed by atoms with Gasteiger partial charge in [0.05, 0.1) is 33.1 Å². The van der Waals surface area contributed by atoms with Gasteiger partial charge in [0.1, 0.15) is 0 Å². The Morgan fingerprint density at radius 2 is 1.16 bits per heavy atom. The van der Waals surface area contributed by atoms with E-state index in [1.54, 1.807) is 12.4 Å². The highest BCUT2D eigenvalue weighted by molar-refractivity contribution is 6.21. The van der Waals surface area contributed by atoms with Gasteiger partial charge < -0.3 is 4.90 Å². The van der Waals surface area contributed by atoms with Crippen LogP contribution in [0, 0.1) is 0 Å². The molecule has 31 heavy (non-hydrogen) atoms. The molecule has 5 heteroatoms. The van der Waals surface area contributed by atoms with Crippen LogP contribution in [0.25, 0.3) is 55.0 Å². The molecule has 148 valence electrons. The zero-order valence-electron chi connectivity index (χ0n) is 17.2. The van der Waals surface area contributed by atoms with E-state index in [2.05, 4.69) is 51.3 Å². The molecule has 0 aliphatic carbocycles. The first-order valence-corrected chi connectivity index (χ1v) is 10.2. The zero-order valence-corrected chi connectivity index (χ0v) is 17.2. The first-order valence-electron chi connectivity index (χ1n) is 10.2. The maximum absolute atomic E-state index is 5.05. The van der Waals surface area contributed by atoms with Crippen molar-refractivity contribution < 1.29 is 0 Å². The quantitative estimate of drug-likeness (QED) is 0.279. The van der Waals surface area contributed by atoms with Crippen molar-refractivity contribution in [3.05, 3.63) is 79.1 Å². The standard InChI is InChI=1S/C26H19N5/c1-31(2)18-10-7-16(8-11-18)17-9-12-21-22(15-17)30-26-20-6-4-14-28-24(20)23-19(25(26)29-21)5-3-13-27-23/h3-15H,1-2H3. The summed E-state index contributed by atoms with van der Waals surface area (Å²) in [4.78, 5) is 21.3. The first-order chi connectivity index (χ1) is 15.2. The summed E-state index contributed by atoms with van der Waals surface area (Å²) in [6.07, 6.45) is 3.59. The van der Waals surface area contributed by atoms with Crippen molar-refractivity contribution >= 4 is 49.6 Å². The van der Waals surface area contributed by atoms with E-state index < -0.39 is 0 Å². The Morgan fingerprint density at radius 1 is 0.581 bits per heavy atom. The van der Waals surface area contributed by atoms with Crippen LogP contribution in [0.1, 0.15) is 0 Å². The molecule has 0 unspecified atom stereocenters. The summed E-state index contributed by atoms with van der Waals surface area (Å²) in [6, 6.07) is 22.8. The van der Waals surface area contributed by atoms with E-state index in [0.717, 1.165) is 55.0 Å². The summed E-state index contributed by atoms with van der Waals surface area (Å²) >= 11 is 0. The second kappa shape index (κ2) is 6.71. The molecule has 0 atom stereocenters. The van der Waals surface area contributed by atoms with Gasteiger partial charge in [-0.05, 0) is 59.7 Å². The normalized spacial score (nSPS) is 11.5. The van der Waals surface area contributed by atoms with Gasteiger partial charge >= 0.3 is 0 Å². The number of fused-ring (bicyclic) bond motifs is 7. The van der Waals surface area contributed by atoms with Gasteiger partial charge in [0, 0.05) is 42.9 Å². The fourth-order valence-electron chi connectivity index (χ4n) is 4.13. The topological polar surface area (TPSA) is 54.8 Å². The lowest BCUT2D eigenvalue weighted by molar-refractivity contribution is 1.13. The van der Waals surface area contributed by atoms with Crippen molar-refractivity contribution in [2.75, 3.05) is 19.0 Å².